The van der Waals surface area contributed by atoms with E-state index in [4.69, 9.17) is 4.74 Å². The van der Waals surface area contributed by atoms with Crippen LogP contribution >= 0.6 is 0 Å². The number of piperidine rings is 1. The number of carbonyl (C=O) groups excluding carboxylic acids is 2. The van der Waals surface area contributed by atoms with Gasteiger partial charge in [-0.05, 0) is 92.1 Å². The third-order valence-corrected chi connectivity index (χ3v) is 9.29. The van der Waals surface area contributed by atoms with Gasteiger partial charge in [0.05, 0.1) is 7.11 Å². The lowest BCUT2D eigenvalue weighted by molar-refractivity contribution is -0.128. The number of methoxy groups -OCH3 is 1. The maximum atomic E-state index is 13.4. The Kier molecular flexibility index (Phi) is 5.54. The first-order valence-electron chi connectivity index (χ1n) is 13.2. The van der Waals surface area contributed by atoms with Gasteiger partial charge in [0.15, 0.2) is 0 Å². The van der Waals surface area contributed by atoms with Crippen LogP contribution in [0, 0.1) is 29.1 Å². The Labute approximate surface area is 202 Å². The summed E-state index contributed by atoms with van der Waals surface area (Å²) < 4.78 is 5.48. The van der Waals surface area contributed by atoms with Crippen molar-refractivity contribution in [1.29, 1.82) is 0 Å². The summed E-state index contributed by atoms with van der Waals surface area (Å²) in [6, 6.07) is 11.6. The van der Waals surface area contributed by atoms with Crippen LogP contribution in [0.4, 0.5) is 0 Å². The van der Waals surface area contributed by atoms with Gasteiger partial charge in [-0.25, -0.2) is 0 Å². The van der Waals surface area contributed by atoms with Gasteiger partial charge in [0.2, 0.25) is 5.91 Å². The highest BCUT2D eigenvalue weighted by molar-refractivity contribution is 6.08. The van der Waals surface area contributed by atoms with Crippen molar-refractivity contribution >= 4 is 22.6 Å². The zero-order valence-corrected chi connectivity index (χ0v) is 20.2. The Morgan fingerprint density at radius 3 is 2.18 bits per heavy atom. The van der Waals surface area contributed by atoms with Crippen molar-refractivity contribution in [1.82, 2.24) is 10.2 Å². The van der Waals surface area contributed by atoms with Gasteiger partial charge < -0.3 is 15.0 Å². The second-order valence-electron chi connectivity index (χ2n) is 11.6. The molecular weight excluding hydrogens is 424 g/mol. The topological polar surface area (TPSA) is 58.6 Å². The highest BCUT2D eigenvalue weighted by atomic mass is 16.5. The molecule has 5 nitrogen and oxygen atoms in total. The fourth-order valence-corrected chi connectivity index (χ4v) is 8.08. The fraction of sp³-hybridized carbons (Fsp3) is 0.586. The second-order valence-corrected chi connectivity index (χ2v) is 11.6. The molecule has 2 aromatic rings. The monoisotopic (exact) mass is 460 g/mol. The maximum absolute atomic E-state index is 13.4. The van der Waals surface area contributed by atoms with Crippen LogP contribution in [0.3, 0.4) is 0 Å². The third kappa shape index (κ3) is 3.87. The predicted octanol–water partition coefficient (Wildman–Crippen LogP) is 5.03. The number of hydrogen-bond acceptors (Lipinski definition) is 3. The van der Waals surface area contributed by atoms with E-state index in [2.05, 4.69) is 5.32 Å². The first-order chi connectivity index (χ1) is 16.5. The molecule has 0 atom stereocenters. The van der Waals surface area contributed by atoms with Crippen molar-refractivity contribution in [2.24, 2.45) is 29.1 Å². The Hall–Kier alpha value is -2.56. The zero-order valence-electron chi connectivity index (χ0n) is 20.2. The van der Waals surface area contributed by atoms with Crippen molar-refractivity contribution in [2.45, 2.75) is 51.4 Å². The summed E-state index contributed by atoms with van der Waals surface area (Å²) in [6.45, 7) is 2.13. The van der Waals surface area contributed by atoms with Crippen LogP contribution in [0.5, 0.6) is 5.75 Å². The molecule has 5 fully saturated rings. The molecule has 0 spiro atoms. The van der Waals surface area contributed by atoms with Gasteiger partial charge in [-0.2, -0.15) is 0 Å². The lowest BCUT2D eigenvalue weighted by Gasteiger charge is -2.57. The van der Waals surface area contributed by atoms with Crippen molar-refractivity contribution in [3.05, 3.63) is 42.0 Å². The number of amides is 2. The van der Waals surface area contributed by atoms with Crippen LogP contribution in [0.25, 0.3) is 10.8 Å². The molecule has 0 unspecified atom stereocenters. The fourth-order valence-electron chi connectivity index (χ4n) is 8.08. The quantitative estimate of drug-likeness (QED) is 0.681. The molecule has 5 heteroatoms. The first-order valence-corrected chi connectivity index (χ1v) is 13.2. The maximum Gasteiger partial charge on any atom is 0.254 e. The summed E-state index contributed by atoms with van der Waals surface area (Å²) in [5.74, 6) is 3.78. The number of fused-ring (bicyclic) bond motifs is 1. The molecule has 1 aliphatic heterocycles. The lowest BCUT2D eigenvalue weighted by Crippen LogP contribution is -2.52. The van der Waals surface area contributed by atoms with Gasteiger partial charge in [-0.15, -0.1) is 0 Å². The molecule has 4 aliphatic carbocycles. The third-order valence-electron chi connectivity index (χ3n) is 9.29. The van der Waals surface area contributed by atoms with E-state index < -0.39 is 0 Å². The highest BCUT2D eigenvalue weighted by Gasteiger charge is 2.50. The molecule has 34 heavy (non-hydrogen) atoms. The molecule has 7 rings (SSSR count). The largest absolute Gasteiger partial charge is 0.496 e. The average Bonchev–Trinajstić information content (AvgIpc) is 2.85. The number of ether oxygens (including phenoxy) is 1. The van der Waals surface area contributed by atoms with Crippen molar-refractivity contribution in [3.63, 3.8) is 0 Å². The Morgan fingerprint density at radius 2 is 1.56 bits per heavy atom. The van der Waals surface area contributed by atoms with E-state index in [-0.39, 0.29) is 17.7 Å². The SMILES string of the molecule is COc1ccc(C(=O)N2CCC(C(=O)NCC34CC5CC(CC(C5)C3)C4)CC2)c2ccccc12. The molecule has 2 aromatic carbocycles. The highest BCUT2D eigenvalue weighted by Crippen LogP contribution is 2.59. The minimum Gasteiger partial charge on any atom is -0.496 e. The van der Waals surface area contributed by atoms with E-state index in [9.17, 15) is 9.59 Å². The molecule has 1 saturated heterocycles. The number of nitrogens with one attached hydrogen (secondary N) is 1. The number of hydrogen-bond donors (Lipinski definition) is 1. The van der Waals surface area contributed by atoms with Crippen LogP contribution in [0.1, 0.15) is 61.7 Å². The van der Waals surface area contributed by atoms with Gasteiger partial charge >= 0.3 is 0 Å². The van der Waals surface area contributed by atoms with Crippen molar-refractivity contribution < 1.29 is 14.3 Å². The summed E-state index contributed by atoms with van der Waals surface area (Å²) in [7, 11) is 1.66. The normalized spacial score (nSPS) is 30.5. The lowest BCUT2D eigenvalue weighted by atomic mass is 9.49. The molecule has 5 aliphatic rings. The number of likely N-dealkylation sites (tertiary alicyclic amines) is 1. The van der Waals surface area contributed by atoms with Crippen molar-refractivity contribution in [2.75, 3.05) is 26.7 Å². The van der Waals surface area contributed by atoms with Crippen LogP contribution in [-0.4, -0.2) is 43.5 Å². The van der Waals surface area contributed by atoms with Gasteiger partial charge in [0, 0.05) is 36.5 Å². The van der Waals surface area contributed by atoms with Gasteiger partial charge in [-0.1, -0.05) is 24.3 Å². The molecule has 0 radical (unpaired) electrons. The minimum absolute atomic E-state index is 0.0191. The molecule has 180 valence electrons. The van der Waals surface area contributed by atoms with E-state index >= 15 is 0 Å². The predicted molar refractivity (Wildman–Crippen MR) is 133 cm³/mol. The number of rotatable bonds is 5. The number of nitrogens with zero attached hydrogens (tertiary/aromatic N) is 1. The summed E-state index contributed by atoms with van der Waals surface area (Å²) in [4.78, 5) is 28.3. The molecule has 4 bridgehead atoms. The van der Waals surface area contributed by atoms with Crippen LogP contribution in [0.2, 0.25) is 0 Å². The van der Waals surface area contributed by atoms with E-state index in [0.29, 0.717) is 24.1 Å². The standard InChI is InChI=1S/C29H36N2O3/c1-34-26-7-6-25(23-4-2-3-5-24(23)26)28(33)31-10-8-22(9-11-31)27(32)30-18-29-15-19-12-20(16-29)14-21(13-19)17-29/h2-7,19-22H,8-18H2,1H3,(H,30,32). The number of carbonyl (C=O) groups is 2. The molecule has 4 saturated carbocycles. The van der Waals surface area contributed by atoms with E-state index in [1.165, 1.54) is 38.5 Å². The molecule has 1 heterocycles. The Balaban J connectivity index is 1.07. The molecular formula is C29H36N2O3. The number of benzene rings is 2. The van der Waals surface area contributed by atoms with Crippen LogP contribution in [0.15, 0.2) is 36.4 Å². The van der Waals surface area contributed by atoms with Gasteiger partial charge in [-0.3, -0.25) is 9.59 Å². The van der Waals surface area contributed by atoms with Crippen molar-refractivity contribution in [3.8, 4) is 5.75 Å². The second kappa shape index (κ2) is 8.58. The first kappa shape index (κ1) is 21.9. The summed E-state index contributed by atoms with van der Waals surface area (Å²) in [6.07, 6.45) is 9.75. The van der Waals surface area contributed by atoms with E-state index in [1.54, 1.807) is 7.11 Å². The Bertz CT molecular complexity index is 1070. The van der Waals surface area contributed by atoms with Gasteiger partial charge in [0.25, 0.3) is 5.91 Å². The summed E-state index contributed by atoms with van der Waals surface area (Å²) in [5, 5.41) is 5.24. The van der Waals surface area contributed by atoms with Gasteiger partial charge in [0.1, 0.15) is 5.75 Å². The Morgan fingerprint density at radius 1 is 0.941 bits per heavy atom. The molecule has 1 N–H and O–H groups in total. The van der Waals surface area contributed by atoms with E-state index in [0.717, 1.165) is 53.7 Å². The molecule has 0 aromatic heterocycles. The molecule has 2 amide bonds. The summed E-state index contributed by atoms with van der Waals surface area (Å²) >= 11 is 0. The average molecular weight is 461 g/mol. The zero-order chi connectivity index (χ0) is 23.3. The summed E-state index contributed by atoms with van der Waals surface area (Å²) in [5.41, 5.74) is 1.08. The minimum atomic E-state index is 0.0191. The smallest absolute Gasteiger partial charge is 0.254 e. The van der Waals surface area contributed by atoms with E-state index in [1.807, 2.05) is 41.3 Å². The van der Waals surface area contributed by atoms with Crippen LogP contribution in [-0.2, 0) is 4.79 Å². The van der Waals surface area contributed by atoms with Crippen LogP contribution < -0.4 is 10.1 Å².